The quantitative estimate of drug-likeness (QED) is 0.669. The van der Waals surface area contributed by atoms with Gasteiger partial charge in [0.15, 0.2) is 0 Å². The van der Waals surface area contributed by atoms with E-state index in [9.17, 15) is 4.79 Å². The van der Waals surface area contributed by atoms with Gasteiger partial charge in [-0.3, -0.25) is 4.79 Å². The zero-order valence-electron chi connectivity index (χ0n) is 10.1. The van der Waals surface area contributed by atoms with E-state index in [1.807, 2.05) is 13.0 Å². The molecule has 1 amide bonds. The Hall–Kier alpha value is -1.55. The second-order valence-corrected chi connectivity index (χ2v) is 4.57. The van der Waals surface area contributed by atoms with Crippen LogP contribution in [0.3, 0.4) is 0 Å². The highest BCUT2D eigenvalue weighted by atomic mass is 16.1. The number of amides is 1. The first kappa shape index (κ1) is 11.9. The van der Waals surface area contributed by atoms with E-state index < -0.39 is 0 Å². The SMILES string of the molecule is Cc1cc(C(=O)NC2CCNCC2)ccc1N. The van der Waals surface area contributed by atoms with Crippen molar-refractivity contribution in [3.05, 3.63) is 29.3 Å². The van der Waals surface area contributed by atoms with Crippen molar-refractivity contribution in [2.45, 2.75) is 25.8 Å². The van der Waals surface area contributed by atoms with Crippen molar-refractivity contribution >= 4 is 11.6 Å². The predicted molar refractivity (Wildman–Crippen MR) is 68.9 cm³/mol. The Balaban J connectivity index is 2.01. The Bertz CT molecular complexity index is 411. The van der Waals surface area contributed by atoms with E-state index in [0.29, 0.717) is 11.6 Å². The number of carbonyl (C=O) groups is 1. The fourth-order valence-electron chi connectivity index (χ4n) is 2.05. The van der Waals surface area contributed by atoms with E-state index >= 15 is 0 Å². The highest BCUT2D eigenvalue weighted by Crippen LogP contribution is 2.13. The van der Waals surface area contributed by atoms with Gasteiger partial charge in [0.1, 0.15) is 0 Å². The molecule has 1 saturated heterocycles. The summed E-state index contributed by atoms with van der Waals surface area (Å²) >= 11 is 0. The summed E-state index contributed by atoms with van der Waals surface area (Å²) in [6.45, 7) is 3.87. The third-order valence-corrected chi connectivity index (χ3v) is 3.21. The highest BCUT2D eigenvalue weighted by molar-refractivity contribution is 5.95. The third kappa shape index (κ3) is 2.97. The van der Waals surface area contributed by atoms with E-state index in [4.69, 9.17) is 5.73 Å². The molecule has 0 saturated carbocycles. The van der Waals surface area contributed by atoms with Gasteiger partial charge in [0.05, 0.1) is 0 Å². The Morgan fingerprint density at radius 1 is 1.41 bits per heavy atom. The van der Waals surface area contributed by atoms with E-state index in [0.717, 1.165) is 37.2 Å². The summed E-state index contributed by atoms with van der Waals surface area (Å²) in [5, 5.41) is 6.34. The molecule has 1 heterocycles. The first-order valence-corrected chi connectivity index (χ1v) is 6.04. The number of nitrogens with one attached hydrogen (secondary N) is 2. The number of nitrogen functional groups attached to an aromatic ring is 1. The Labute approximate surface area is 102 Å². The smallest absolute Gasteiger partial charge is 0.251 e. The van der Waals surface area contributed by atoms with Crippen LogP contribution in [0.5, 0.6) is 0 Å². The molecule has 0 aromatic heterocycles. The number of piperidine rings is 1. The topological polar surface area (TPSA) is 67.2 Å². The van der Waals surface area contributed by atoms with Crippen LogP contribution in [0.1, 0.15) is 28.8 Å². The van der Waals surface area contributed by atoms with Crippen molar-refractivity contribution in [2.24, 2.45) is 0 Å². The van der Waals surface area contributed by atoms with Crippen LogP contribution in [0.2, 0.25) is 0 Å². The lowest BCUT2D eigenvalue weighted by Gasteiger charge is -2.23. The van der Waals surface area contributed by atoms with Gasteiger partial charge < -0.3 is 16.4 Å². The van der Waals surface area contributed by atoms with E-state index in [1.54, 1.807) is 12.1 Å². The lowest BCUT2D eigenvalue weighted by molar-refractivity contribution is 0.0929. The molecule has 1 fully saturated rings. The minimum absolute atomic E-state index is 0.000000000000000222. The van der Waals surface area contributed by atoms with Crippen LogP contribution < -0.4 is 16.4 Å². The second kappa shape index (κ2) is 5.19. The zero-order chi connectivity index (χ0) is 12.3. The van der Waals surface area contributed by atoms with Crippen LogP contribution in [-0.2, 0) is 0 Å². The summed E-state index contributed by atoms with van der Waals surface area (Å²) in [4.78, 5) is 12.0. The highest BCUT2D eigenvalue weighted by Gasteiger charge is 2.16. The monoisotopic (exact) mass is 233 g/mol. The molecular formula is C13H19N3O. The molecule has 4 N–H and O–H groups in total. The Morgan fingerprint density at radius 2 is 2.12 bits per heavy atom. The van der Waals surface area contributed by atoms with Crippen molar-refractivity contribution in [1.82, 2.24) is 10.6 Å². The van der Waals surface area contributed by atoms with Crippen molar-refractivity contribution in [3.63, 3.8) is 0 Å². The largest absolute Gasteiger partial charge is 0.399 e. The van der Waals surface area contributed by atoms with Crippen molar-refractivity contribution in [3.8, 4) is 0 Å². The molecule has 0 bridgehead atoms. The molecule has 1 aromatic carbocycles. The number of rotatable bonds is 2. The molecule has 0 unspecified atom stereocenters. The summed E-state index contributed by atoms with van der Waals surface area (Å²) in [7, 11) is 0. The van der Waals surface area contributed by atoms with Crippen LogP contribution in [0.15, 0.2) is 18.2 Å². The van der Waals surface area contributed by atoms with Gasteiger partial charge in [0, 0.05) is 17.3 Å². The number of anilines is 1. The van der Waals surface area contributed by atoms with Crippen LogP contribution in [-0.4, -0.2) is 25.0 Å². The van der Waals surface area contributed by atoms with Gasteiger partial charge in [-0.25, -0.2) is 0 Å². The van der Waals surface area contributed by atoms with Crippen LogP contribution in [0, 0.1) is 6.92 Å². The summed E-state index contributed by atoms with van der Waals surface area (Å²) in [5.41, 5.74) is 8.10. The number of aryl methyl sites for hydroxylation is 1. The summed E-state index contributed by atoms with van der Waals surface area (Å²) in [6, 6.07) is 5.69. The van der Waals surface area contributed by atoms with Crippen molar-refractivity contribution in [1.29, 1.82) is 0 Å². The molecule has 1 aliphatic heterocycles. The van der Waals surface area contributed by atoms with E-state index in [2.05, 4.69) is 10.6 Å². The van der Waals surface area contributed by atoms with Gasteiger partial charge in [-0.15, -0.1) is 0 Å². The molecule has 1 aliphatic rings. The van der Waals surface area contributed by atoms with Gasteiger partial charge in [0.25, 0.3) is 5.91 Å². The molecule has 4 heteroatoms. The molecule has 0 aliphatic carbocycles. The maximum absolute atomic E-state index is 12.0. The van der Waals surface area contributed by atoms with E-state index in [1.165, 1.54) is 0 Å². The summed E-state index contributed by atoms with van der Waals surface area (Å²) in [5.74, 6) is 0.000000000000000222. The number of hydrogen-bond acceptors (Lipinski definition) is 3. The van der Waals surface area contributed by atoms with E-state index in [-0.39, 0.29) is 5.91 Å². The minimum atomic E-state index is 0.000000000000000222. The fourth-order valence-corrected chi connectivity index (χ4v) is 2.05. The minimum Gasteiger partial charge on any atom is -0.399 e. The molecule has 0 spiro atoms. The molecule has 2 rings (SSSR count). The number of carbonyl (C=O) groups excluding carboxylic acids is 1. The van der Waals surface area contributed by atoms with Crippen molar-refractivity contribution in [2.75, 3.05) is 18.8 Å². The Kier molecular flexibility index (Phi) is 3.64. The standard InChI is InChI=1S/C13H19N3O/c1-9-8-10(2-3-12(9)14)13(17)16-11-4-6-15-7-5-11/h2-3,8,11,15H,4-7,14H2,1H3,(H,16,17). The van der Waals surface area contributed by atoms with Gasteiger partial charge in [-0.2, -0.15) is 0 Å². The molecule has 17 heavy (non-hydrogen) atoms. The molecule has 92 valence electrons. The molecule has 4 nitrogen and oxygen atoms in total. The number of nitrogens with two attached hydrogens (primary N) is 1. The summed E-state index contributed by atoms with van der Waals surface area (Å²) < 4.78 is 0. The number of hydrogen-bond donors (Lipinski definition) is 3. The Morgan fingerprint density at radius 3 is 2.76 bits per heavy atom. The maximum atomic E-state index is 12.0. The maximum Gasteiger partial charge on any atom is 0.251 e. The molecular weight excluding hydrogens is 214 g/mol. The average molecular weight is 233 g/mol. The first-order valence-electron chi connectivity index (χ1n) is 6.04. The van der Waals surface area contributed by atoms with Gasteiger partial charge >= 0.3 is 0 Å². The zero-order valence-corrected chi connectivity index (χ0v) is 10.1. The normalized spacial score (nSPS) is 16.8. The third-order valence-electron chi connectivity index (χ3n) is 3.21. The van der Waals surface area contributed by atoms with Gasteiger partial charge in [-0.05, 0) is 56.6 Å². The van der Waals surface area contributed by atoms with Crippen LogP contribution in [0.4, 0.5) is 5.69 Å². The lowest BCUT2D eigenvalue weighted by Crippen LogP contribution is -2.42. The first-order chi connectivity index (χ1) is 8.16. The van der Waals surface area contributed by atoms with Gasteiger partial charge in [-0.1, -0.05) is 0 Å². The molecule has 0 radical (unpaired) electrons. The lowest BCUT2D eigenvalue weighted by atomic mass is 10.1. The second-order valence-electron chi connectivity index (χ2n) is 4.57. The van der Waals surface area contributed by atoms with Crippen LogP contribution >= 0.6 is 0 Å². The van der Waals surface area contributed by atoms with Gasteiger partial charge in [0.2, 0.25) is 0 Å². The molecule has 0 atom stereocenters. The fraction of sp³-hybridized carbons (Fsp3) is 0.462. The van der Waals surface area contributed by atoms with Crippen LogP contribution in [0.25, 0.3) is 0 Å². The predicted octanol–water partition coefficient (Wildman–Crippen LogP) is 1.06. The molecule has 1 aromatic rings. The summed E-state index contributed by atoms with van der Waals surface area (Å²) in [6.07, 6.45) is 2.00. The van der Waals surface area contributed by atoms with Crippen molar-refractivity contribution < 1.29 is 4.79 Å². The average Bonchev–Trinajstić information content (AvgIpc) is 2.34. The number of benzene rings is 1.